The molecule has 2 unspecified atom stereocenters. The molecule has 0 saturated heterocycles. The Bertz CT molecular complexity index is 1440. The van der Waals surface area contributed by atoms with Gasteiger partial charge in [0.05, 0.1) is 5.69 Å². The Morgan fingerprint density at radius 2 is 1.66 bits per heavy atom. The zero-order valence-corrected chi connectivity index (χ0v) is 20.9. The molecule has 10 heteroatoms. The van der Waals surface area contributed by atoms with Crippen molar-refractivity contribution in [3.63, 3.8) is 0 Å². The van der Waals surface area contributed by atoms with Crippen molar-refractivity contribution >= 4 is 6.09 Å². The number of aryl methyl sites for hydroxylation is 3. The molecule has 1 saturated carbocycles. The van der Waals surface area contributed by atoms with Gasteiger partial charge in [0.1, 0.15) is 17.8 Å². The summed E-state index contributed by atoms with van der Waals surface area (Å²) in [5, 5.41) is 7.37. The van der Waals surface area contributed by atoms with Crippen LogP contribution in [0.25, 0.3) is 17.1 Å². The van der Waals surface area contributed by atoms with E-state index in [0.717, 1.165) is 34.2 Å². The second-order valence-electron chi connectivity index (χ2n) is 9.39. The number of aromatic nitrogens is 3. The van der Waals surface area contributed by atoms with Crippen LogP contribution in [-0.4, -0.2) is 33.3 Å². The molecule has 1 heterocycles. The summed E-state index contributed by atoms with van der Waals surface area (Å²) in [7, 11) is 0. The highest BCUT2D eigenvalue weighted by atomic mass is 19.4. The van der Waals surface area contributed by atoms with Crippen molar-refractivity contribution in [2.24, 2.45) is 0 Å². The molecule has 2 atom stereocenters. The van der Waals surface area contributed by atoms with Gasteiger partial charge >= 0.3 is 12.5 Å². The Kier molecular flexibility index (Phi) is 6.56. The second-order valence-corrected chi connectivity index (χ2v) is 9.39. The number of rotatable bonds is 6. The Morgan fingerprint density at radius 1 is 1.00 bits per heavy atom. The number of amides is 1. The number of carbonyl (C=O) groups excluding carboxylic acids is 1. The van der Waals surface area contributed by atoms with Crippen LogP contribution in [0.15, 0.2) is 67.0 Å². The maximum Gasteiger partial charge on any atom is 0.573 e. The van der Waals surface area contributed by atoms with Crippen LogP contribution in [0.2, 0.25) is 0 Å². The third-order valence-electron chi connectivity index (χ3n) is 6.32. The molecule has 1 aromatic heterocycles. The van der Waals surface area contributed by atoms with Crippen LogP contribution in [0, 0.1) is 20.8 Å². The second kappa shape index (κ2) is 9.85. The van der Waals surface area contributed by atoms with Gasteiger partial charge in [-0.2, -0.15) is 0 Å². The molecule has 1 N–H and O–H groups in total. The standard InChI is InChI=1S/C28H25F3N4O3/c1-16-12-17(2)25(18(3)13-16)37-27(36)33-24-14-23(24)19-4-6-20(7-5-19)26-32-15-35(34-26)21-8-10-22(11-9-21)38-28(29,30)31/h4-13,15,23-24H,14H2,1-3H3,(H,33,36). The van der Waals surface area contributed by atoms with Gasteiger partial charge in [-0.25, -0.2) is 14.5 Å². The highest BCUT2D eigenvalue weighted by molar-refractivity contribution is 5.72. The van der Waals surface area contributed by atoms with Crippen LogP contribution in [0.5, 0.6) is 11.5 Å². The molecule has 3 aromatic carbocycles. The summed E-state index contributed by atoms with van der Waals surface area (Å²) >= 11 is 0. The van der Waals surface area contributed by atoms with Gasteiger partial charge in [0.2, 0.25) is 0 Å². The molecule has 0 spiro atoms. The molecular weight excluding hydrogens is 497 g/mol. The fourth-order valence-corrected chi connectivity index (χ4v) is 4.52. The Hall–Kier alpha value is -4.34. The number of benzene rings is 3. The lowest BCUT2D eigenvalue weighted by atomic mass is 10.1. The fraction of sp³-hybridized carbons (Fsp3) is 0.250. The molecule has 5 rings (SSSR count). The van der Waals surface area contributed by atoms with Gasteiger partial charge in [0.25, 0.3) is 0 Å². The van der Waals surface area contributed by atoms with E-state index >= 15 is 0 Å². The van der Waals surface area contributed by atoms with E-state index in [1.807, 2.05) is 57.2 Å². The van der Waals surface area contributed by atoms with Crippen molar-refractivity contribution in [3.05, 3.63) is 89.2 Å². The summed E-state index contributed by atoms with van der Waals surface area (Å²) in [6.45, 7) is 5.85. The maximum atomic E-state index is 12.5. The zero-order valence-electron chi connectivity index (χ0n) is 20.9. The van der Waals surface area contributed by atoms with Gasteiger partial charge in [0, 0.05) is 17.5 Å². The number of halogens is 3. The van der Waals surface area contributed by atoms with Crippen molar-refractivity contribution in [3.8, 4) is 28.6 Å². The van der Waals surface area contributed by atoms with E-state index in [1.54, 1.807) is 0 Å². The minimum atomic E-state index is -4.74. The Labute approximate surface area is 217 Å². The van der Waals surface area contributed by atoms with E-state index in [9.17, 15) is 18.0 Å². The highest BCUT2D eigenvalue weighted by Crippen LogP contribution is 2.41. The van der Waals surface area contributed by atoms with E-state index in [1.165, 1.54) is 35.3 Å². The molecule has 0 bridgehead atoms. The minimum absolute atomic E-state index is 0.000964. The van der Waals surface area contributed by atoms with Crippen molar-refractivity contribution in [2.75, 3.05) is 0 Å². The van der Waals surface area contributed by atoms with Crippen molar-refractivity contribution < 1.29 is 27.4 Å². The molecule has 0 aliphatic heterocycles. The van der Waals surface area contributed by atoms with E-state index < -0.39 is 12.5 Å². The van der Waals surface area contributed by atoms with E-state index in [4.69, 9.17) is 4.74 Å². The lowest BCUT2D eigenvalue weighted by molar-refractivity contribution is -0.274. The van der Waals surface area contributed by atoms with Crippen molar-refractivity contribution in [1.82, 2.24) is 20.1 Å². The first-order valence-electron chi connectivity index (χ1n) is 12.0. The van der Waals surface area contributed by atoms with Gasteiger partial charge in [-0.05, 0) is 68.1 Å². The third-order valence-corrected chi connectivity index (χ3v) is 6.32. The minimum Gasteiger partial charge on any atom is -0.410 e. The quantitative estimate of drug-likeness (QED) is 0.317. The average Bonchev–Trinajstić information content (AvgIpc) is 3.42. The molecule has 1 fully saturated rings. The largest absolute Gasteiger partial charge is 0.573 e. The molecule has 1 aliphatic carbocycles. The summed E-state index contributed by atoms with van der Waals surface area (Å²) in [5.74, 6) is 0.954. The first-order chi connectivity index (χ1) is 18.1. The van der Waals surface area contributed by atoms with Crippen LogP contribution in [0.3, 0.4) is 0 Å². The number of alkyl halides is 3. The van der Waals surface area contributed by atoms with Crippen LogP contribution in [-0.2, 0) is 0 Å². The average molecular weight is 523 g/mol. The van der Waals surface area contributed by atoms with Crippen LogP contribution < -0.4 is 14.8 Å². The molecule has 1 amide bonds. The first kappa shape index (κ1) is 25.3. The summed E-state index contributed by atoms with van der Waals surface area (Å²) in [4.78, 5) is 16.8. The smallest absolute Gasteiger partial charge is 0.410 e. The number of nitrogens with one attached hydrogen (secondary N) is 1. The summed E-state index contributed by atoms with van der Waals surface area (Å²) in [5.41, 5.74) is 5.38. The fourth-order valence-electron chi connectivity index (χ4n) is 4.52. The summed E-state index contributed by atoms with van der Waals surface area (Å²) < 4.78 is 48.0. The van der Waals surface area contributed by atoms with Crippen LogP contribution in [0.1, 0.15) is 34.6 Å². The molecule has 38 heavy (non-hydrogen) atoms. The number of ether oxygens (including phenoxy) is 2. The van der Waals surface area contributed by atoms with E-state index in [0.29, 0.717) is 17.3 Å². The SMILES string of the molecule is Cc1cc(C)c(OC(=O)NC2CC2c2ccc(-c3ncn(-c4ccc(OC(F)(F)F)cc4)n3)cc2)c(C)c1. The molecule has 4 aromatic rings. The van der Waals surface area contributed by atoms with Crippen LogP contribution in [0.4, 0.5) is 18.0 Å². The molecular formula is C28H25F3N4O3. The molecule has 1 aliphatic rings. The third kappa shape index (κ3) is 5.80. The lowest BCUT2D eigenvalue weighted by Gasteiger charge is -2.12. The van der Waals surface area contributed by atoms with Crippen LogP contribution >= 0.6 is 0 Å². The molecule has 7 nitrogen and oxygen atoms in total. The van der Waals surface area contributed by atoms with Gasteiger partial charge in [-0.3, -0.25) is 0 Å². The maximum absolute atomic E-state index is 12.5. The number of hydrogen-bond donors (Lipinski definition) is 1. The predicted octanol–water partition coefficient (Wildman–Crippen LogP) is 6.40. The molecule has 196 valence electrons. The number of nitrogens with zero attached hydrogens (tertiary/aromatic N) is 3. The normalized spacial score (nSPS) is 16.7. The zero-order chi connectivity index (χ0) is 27.0. The van der Waals surface area contributed by atoms with E-state index in [2.05, 4.69) is 20.1 Å². The predicted molar refractivity (Wildman–Crippen MR) is 134 cm³/mol. The van der Waals surface area contributed by atoms with Gasteiger partial charge < -0.3 is 14.8 Å². The molecule has 0 radical (unpaired) electrons. The number of hydrogen-bond acceptors (Lipinski definition) is 5. The lowest BCUT2D eigenvalue weighted by Crippen LogP contribution is -2.30. The summed E-state index contributed by atoms with van der Waals surface area (Å²) in [6.07, 6.45) is -2.89. The Balaban J connectivity index is 1.18. The number of carbonyl (C=O) groups is 1. The first-order valence-corrected chi connectivity index (χ1v) is 12.0. The van der Waals surface area contributed by atoms with Gasteiger partial charge in [-0.15, -0.1) is 18.3 Å². The Morgan fingerprint density at radius 3 is 2.29 bits per heavy atom. The summed E-state index contributed by atoms with van der Waals surface area (Å²) in [6, 6.07) is 17.1. The van der Waals surface area contributed by atoms with Gasteiger partial charge in [0.15, 0.2) is 5.82 Å². The van der Waals surface area contributed by atoms with Crippen molar-refractivity contribution in [1.29, 1.82) is 0 Å². The highest BCUT2D eigenvalue weighted by Gasteiger charge is 2.40. The van der Waals surface area contributed by atoms with Crippen molar-refractivity contribution in [2.45, 2.75) is 45.5 Å². The van der Waals surface area contributed by atoms with E-state index in [-0.39, 0.29) is 17.7 Å². The van der Waals surface area contributed by atoms with Gasteiger partial charge in [-0.1, -0.05) is 42.0 Å². The topological polar surface area (TPSA) is 78.3 Å². The monoisotopic (exact) mass is 522 g/mol.